The molecule has 6 heteroatoms. The Morgan fingerprint density at radius 1 is 1.57 bits per heavy atom. The van der Waals surface area contributed by atoms with Gasteiger partial charge >= 0.3 is 0 Å². The minimum atomic E-state index is -0.708. The Balaban J connectivity index is 3.58. The lowest BCUT2D eigenvalue weighted by Crippen LogP contribution is -2.01. The van der Waals surface area contributed by atoms with Crippen molar-refractivity contribution in [2.24, 2.45) is 0 Å². The fourth-order valence-corrected chi connectivity index (χ4v) is 1.56. The number of rotatable bonds is 2. The number of aromatic hydroxyl groups is 1. The Bertz CT molecular complexity index is 377. The van der Waals surface area contributed by atoms with Crippen LogP contribution in [0.25, 0.3) is 0 Å². The van der Waals surface area contributed by atoms with Crippen molar-refractivity contribution >= 4 is 27.4 Å². The van der Waals surface area contributed by atoms with Crippen molar-refractivity contribution in [3.8, 4) is 5.75 Å². The Hall–Kier alpha value is -1.43. The molecule has 0 saturated heterocycles. The predicted molar refractivity (Wildman–Crippen MR) is 52.5 cm³/mol. The summed E-state index contributed by atoms with van der Waals surface area (Å²) < 4.78 is 0.172. The summed E-state index contributed by atoms with van der Waals surface area (Å²) >= 11 is 2.95. The van der Waals surface area contributed by atoms with E-state index in [4.69, 9.17) is 0 Å². The lowest BCUT2D eigenvalue weighted by molar-refractivity contribution is -0.386. The summed E-state index contributed by atoms with van der Waals surface area (Å²) in [6.45, 7) is 1.16. The van der Waals surface area contributed by atoms with E-state index < -0.39 is 16.4 Å². The van der Waals surface area contributed by atoms with E-state index in [1.165, 1.54) is 12.1 Å². The lowest BCUT2D eigenvalue weighted by atomic mass is 10.1. The van der Waals surface area contributed by atoms with E-state index in [0.29, 0.717) is 0 Å². The first-order valence-corrected chi connectivity index (χ1v) is 4.41. The zero-order valence-corrected chi connectivity index (χ0v) is 8.74. The Morgan fingerprint density at radius 3 is 2.50 bits per heavy atom. The van der Waals surface area contributed by atoms with Crippen molar-refractivity contribution in [3.63, 3.8) is 0 Å². The predicted octanol–water partition coefficient (Wildman–Crippen LogP) is 2.27. The molecule has 0 saturated carbocycles. The van der Waals surface area contributed by atoms with Crippen LogP contribution in [0.2, 0.25) is 0 Å². The molecule has 0 aliphatic rings. The van der Waals surface area contributed by atoms with Gasteiger partial charge in [-0.25, -0.2) is 0 Å². The van der Waals surface area contributed by atoms with E-state index in [1.54, 1.807) is 0 Å². The minimum absolute atomic E-state index is 0.172. The number of Topliss-reactive ketones (excluding diaryl/α,β-unsaturated/α-hetero) is 1. The molecule has 5 nitrogen and oxygen atoms in total. The van der Waals surface area contributed by atoms with Gasteiger partial charge in [-0.15, -0.1) is 0 Å². The van der Waals surface area contributed by atoms with E-state index in [0.717, 1.165) is 6.92 Å². The van der Waals surface area contributed by atoms with E-state index in [9.17, 15) is 20.0 Å². The number of hydrogen-bond donors (Lipinski definition) is 1. The van der Waals surface area contributed by atoms with Gasteiger partial charge in [0.15, 0.2) is 5.78 Å². The number of halogens is 1. The molecule has 0 aliphatic heterocycles. The van der Waals surface area contributed by atoms with Crippen LogP contribution in [0.15, 0.2) is 16.6 Å². The van der Waals surface area contributed by atoms with Gasteiger partial charge in [0.2, 0.25) is 0 Å². The van der Waals surface area contributed by atoms with Crippen LogP contribution in [-0.4, -0.2) is 15.8 Å². The smallest absolute Gasteiger partial charge is 0.297 e. The molecule has 1 aromatic rings. The Kier molecular flexibility index (Phi) is 2.85. The number of phenols is 1. The first-order chi connectivity index (χ1) is 6.45. The SMILES string of the molecule is CC(=O)c1c(O)ccc(Br)c1[N+](=O)[O-]. The molecule has 0 amide bonds. The quantitative estimate of drug-likeness (QED) is 0.502. The number of carbonyl (C=O) groups is 1. The highest BCUT2D eigenvalue weighted by atomic mass is 79.9. The molecule has 0 aromatic heterocycles. The maximum atomic E-state index is 11.1. The molecule has 14 heavy (non-hydrogen) atoms. The van der Waals surface area contributed by atoms with Crippen LogP contribution < -0.4 is 0 Å². The second-order valence-corrected chi connectivity index (χ2v) is 3.46. The molecule has 0 bridgehead atoms. The van der Waals surface area contributed by atoms with Gasteiger partial charge in [0.25, 0.3) is 5.69 Å². The van der Waals surface area contributed by atoms with Gasteiger partial charge in [0.05, 0.1) is 9.40 Å². The average molecular weight is 260 g/mol. The summed E-state index contributed by atoms with van der Waals surface area (Å²) in [6, 6.07) is 2.55. The fraction of sp³-hybridized carbons (Fsp3) is 0.125. The van der Waals surface area contributed by atoms with E-state index in [2.05, 4.69) is 15.9 Å². The highest BCUT2D eigenvalue weighted by Crippen LogP contribution is 2.34. The van der Waals surface area contributed by atoms with Gasteiger partial charge in [-0.1, -0.05) is 0 Å². The van der Waals surface area contributed by atoms with Crippen LogP contribution in [0, 0.1) is 10.1 Å². The zero-order valence-electron chi connectivity index (χ0n) is 7.15. The average Bonchev–Trinajstić information content (AvgIpc) is 2.07. The number of nitro benzene ring substituents is 1. The first kappa shape index (κ1) is 10.6. The van der Waals surface area contributed by atoms with E-state index in [1.807, 2.05) is 0 Å². The monoisotopic (exact) mass is 259 g/mol. The minimum Gasteiger partial charge on any atom is -0.507 e. The van der Waals surface area contributed by atoms with E-state index >= 15 is 0 Å². The second kappa shape index (κ2) is 3.75. The van der Waals surface area contributed by atoms with Crippen molar-refractivity contribution in [3.05, 3.63) is 32.3 Å². The molecule has 0 aliphatic carbocycles. The molecular weight excluding hydrogens is 254 g/mol. The van der Waals surface area contributed by atoms with Gasteiger partial charge in [0, 0.05) is 0 Å². The van der Waals surface area contributed by atoms with E-state index in [-0.39, 0.29) is 15.8 Å². The van der Waals surface area contributed by atoms with Gasteiger partial charge in [-0.05, 0) is 35.0 Å². The van der Waals surface area contributed by atoms with Crippen molar-refractivity contribution in [1.29, 1.82) is 0 Å². The van der Waals surface area contributed by atoms with Gasteiger partial charge < -0.3 is 5.11 Å². The molecule has 1 rings (SSSR count). The third-order valence-corrected chi connectivity index (χ3v) is 2.28. The van der Waals surface area contributed by atoms with Gasteiger partial charge in [0.1, 0.15) is 11.3 Å². The van der Waals surface area contributed by atoms with Crippen molar-refractivity contribution in [1.82, 2.24) is 0 Å². The van der Waals surface area contributed by atoms with Crippen LogP contribution in [0.4, 0.5) is 5.69 Å². The number of nitro groups is 1. The second-order valence-electron chi connectivity index (χ2n) is 2.60. The summed E-state index contributed by atoms with van der Waals surface area (Å²) in [4.78, 5) is 21.0. The van der Waals surface area contributed by atoms with Crippen molar-refractivity contribution in [2.45, 2.75) is 6.92 Å². The molecule has 0 spiro atoms. The largest absolute Gasteiger partial charge is 0.507 e. The summed E-state index contributed by atoms with van der Waals surface area (Å²) in [5, 5.41) is 19.9. The topological polar surface area (TPSA) is 80.4 Å². The number of nitrogens with zero attached hydrogens (tertiary/aromatic N) is 1. The molecule has 0 atom stereocenters. The number of phenolic OH excluding ortho intramolecular Hbond substituents is 1. The molecule has 0 fully saturated rings. The molecular formula is C8H6BrNO4. The molecule has 0 radical (unpaired) electrons. The zero-order chi connectivity index (χ0) is 10.9. The van der Waals surface area contributed by atoms with Crippen LogP contribution in [0.3, 0.4) is 0 Å². The summed E-state index contributed by atoms with van der Waals surface area (Å²) in [5.41, 5.74) is -0.679. The third kappa shape index (κ3) is 1.74. The highest BCUT2D eigenvalue weighted by molar-refractivity contribution is 9.10. The summed E-state index contributed by atoms with van der Waals surface area (Å²) in [7, 11) is 0. The molecule has 0 heterocycles. The van der Waals surface area contributed by atoms with Crippen LogP contribution in [0.5, 0.6) is 5.75 Å². The lowest BCUT2D eigenvalue weighted by Gasteiger charge is -2.03. The standard InChI is InChI=1S/C8H6BrNO4/c1-4(11)7-6(12)3-2-5(9)8(7)10(13)14/h2-3,12H,1H3. The summed E-state index contributed by atoms with van der Waals surface area (Å²) in [6.07, 6.45) is 0. The highest BCUT2D eigenvalue weighted by Gasteiger charge is 2.24. The number of hydrogen-bond acceptors (Lipinski definition) is 4. The first-order valence-electron chi connectivity index (χ1n) is 3.62. The van der Waals surface area contributed by atoms with Crippen LogP contribution in [-0.2, 0) is 0 Å². The Labute approximate surface area is 87.6 Å². The third-order valence-electron chi connectivity index (χ3n) is 1.64. The molecule has 1 aromatic carbocycles. The number of ketones is 1. The van der Waals surface area contributed by atoms with Crippen LogP contribution >= 0.6 is 15.9 Å². The number of benzene rings is 1. The van der Waals surface area contributed by atoms with Gasteiger partial charge in [-0.3, -0.25) is 14.9 Å². The van der Waals surface area contributed by atoms with Crippen LogP contribution in [0.1, 0.15) is 17.3 Å². The maximum absolute atomic E-state index is 11.1. The normalized spacial score (nSPS) is 9.86. The Morgan fingerprint density at radius 2 is 2.14 bits per heavy atom. The summed E-state index contributed by atoms with van der Waals surface area (Å²) in [5.74, 6) is -0.928. The molecule has 74 valence electrons. The van der Waals surface area contributed by atoms with Crippen molar-refractivity contribution < 1.29 is 14.8 Å². The molecule has 0 unspecified atom stereocenters. The van der Waals surface area contributed by atoms with Gasteiger partial charge in [-0.2, -0.15) is 0 Å². The maximum Gasteiger partial charge on any atom is 0.297 e. The fourth-order valence-electron chi connectivity index (χ4n) is 1.08. The number of carbonyl (C=O) groups excluding carboxylic acids is 1. The van der Waals surface area contributed by atoms with Crippen molar-refractivity contribution in [2.75, 3.05) is 0 Å². The molecule has 1 N–H and O–H groups in total.